The largest absolute Gasteiger partial charge is 0.352 e. The van der Waals surface area contributed by atoms with Gasteiger partial charge in [-0.15, -0.1) is 12.4 Å². The molecule has 150 valence electrons. The maximum atomic E-state index is 12.8. The monoisotopic (exact) mass is 393 g/mol. The van der Waals surface area contributed by atoms with Crippen LogP contribution in [0.5, 0.6) is 0 Å². The van der Waals surface area contributed by atoms with E-state index in [4.69, 9.17) is 5.73 Å². The molecule has 2 amide bonds. The standard InChI is InChI=1S/C21H31N3O2.ClH/c1-15-5-7-16(8-6-15)14-23-20(25)17-9-11-24(12-10-17)21(26)19-4-2-3-18(19)13-22;/h5-8,17-19H,2-4,9-14,22H2,1H3,(H,23,25);1H/t18-,19-;/m1./s1. The minimum atomic E-state index is 0. The molecule has 3 rings (SSSR count). The van der Waals surface area contributed by atoms with Gasteiger partial charge >= 0.3 is 0 Å². The first-order chi connectivity index (χ1) is 12.6. The fourth-order valence-corrected chi connectivity index (χ4v) is 4.28. The summed E-state index contributed by atoms with van der Waals surface area (Å²) >= 11 is 0. The maximum Gasteiger partial charge on any atom is 0.226 e. The van der Waals surface area contributed by atoms with Crippen molar-refractivity contribution in [3.63, 3.8) is 0 Å². The number of benzene rings is 1. The predicted molar refractivity (Wildman–Crippen MR) is 109 cm³/mol. The zero-order chi connectivity index (χ0) is 18.5. The molecular formula is C21H32ClN3O2. The Hall–Kier alpha value is -1.59. The van der Waals surface area contributed by atoms with Crippen LogP contribution in [0, 0.1) is 24.7 Å². The van der Waals surface area contributed by atoms with Crippen LogP contribution in [0.2, 0.25) is 0 Å². The molecule has 3 N–H and O–H groups in total. The van der Waals surface area contributed by atoms with Gasteiger partial charge in [0, 0.05) is 31.5 Å². The lowest BCUT2D eigenvalue weighted by Crippen LogP contribution is -2.46. The minimum absolute atomic E-state index is 0. The van der Waals surface area contributed by atoms with Crippen LogP contribution in [0.1, 0.15) is 43.2 Å². The molecule has 0 bridgehead atoms. The van der Waals surface area contributed by atoms with Crippen molar-refractivity contribution in [2.75, 3.05) is 19.6 Å². The van der Waals surface area contributed by atoms with Crippen molar-refractivity contribution < 1.29 is 9.59 Å². The number of nitrogens with zero attached hydrogens (tertiary/aromatic N) is 1. The molecule has 1 aliphatic heterocycles. The molecule has 1 aliphatic carbocycles. The van der Waals surface area contributed by atoms with Gasteiger partial charge in [-0.1, -0.05) is 36.2 Å². The summed E-state index contributed by atoms with van der Waals surface area (Å²) in [6, 6.07) is 8.21. The molecule has 1 saturated carbocycles. The molecule has 2 atom stereocenters. The van der Waals surface area contributed by atoms with Crippen LogP contribution in [0.3, 0.4) is 0 Å². The summed E-state index contributed by atoms with van der Waals surface area (Å²) in [6.45, 7) is 4.61. The first-order valence-electron chi connectivity index (χ1n) is 9.90. The van der Waals surface area contributed by atoms with Gasteiger partial charge in [0.25, 0.3) is 0 Å². The van der Waals surface area contributed by atoms with Crippen molar-refractivity contribution in [2.45, 2.75) is 45.6 Å². The Morgan fingerprint density at radius 1 is 1.11 bits per heavy atom. The second-order valence-corrected chi connectivity index (χ2v) is 7.84. The van der Waals surface area contributed by atoms with E-state index < -0.39 is 0 Å². The number of halogens is 1. The molecule has 6 heteroatoms. The molecule has 0 unspecified atom stereocenters. The first-order valence-corrected chi connectivity index (χ1v) is 9.90. The Morgan fingerprint density at radius 3 is 2.41 bits per heavy atom. The van der Waals surface area contributed by atoms with Crippen LogP contribution in [0.25, 0.3) is 0 Å². The quantitative estimate of drug-likeness (QED) is 0.807. The molecule has 1 heterocycles. The van der Waals surface area contributed by atoms with E-state index >= 15 is 0 Å². The Labute approximate surface area is 168 Å². The molecule has 1 aromatic rings. The third-order valence-electron chi connectivity index (χ3n) is 6.04. The number of rotatable bonds is 5. The van der Waals surface area contributed by atoms with Gasteiger partial charge in [-0.2, -0.15) is 0 Å². The molecule has 2 fully saturated rings. The summed E-state index contributed by atoms with van der Waals surface area (Å²) in [4.78, 5) is 27.2. The Bertz CT molecular complexity index is 627. The normalized spacial score (nSPS) is 23.0. The highest BCUT2D eigenvalue weighted by molar-refractivity contribution is 5.85. The maximum absolute atomic E-state index is 12.8. The molecular weight excluding hydrogens is 362 g/mol. The number of carbonyl (C=O) groups excluding carboxylic acids is 2. The van der Waals surface area contributed by atoms with Gasteiger partial charge in [-0.05, 0) is 50.6 Å². The number of hydrogen-bond donors (Lipinski definition) is 2. The van der Waals surface area contributed by atoms with Crippen molar-refractivity contribution in [2.24, 2.45) is 23.5 Å². The van der Waals surface area contributed by atoms with Crippen molar-refractivity contribution in [1.82, 2.24) is 10.2 Å². The lowest BCUT2D eigenvalue weighted by Gasteiger charge is -2.34. The van der Waals surface area contributed by atoms with E-state index in [0.29, 0.717) is 32.1 Å². The Kier molecular flexibility index (Phi) is 8.11. The number of piperidine rings is 1. The molecule has 27 heavy (non-hydrogen) atoms. The third kappa shape index (κ3) is 5.45. The molecule has 0 spiro atoms. The van der Waals surface area contributed by atoms with Crippen molar-refractivity contribution >= 4 is 24.2 Å². The molecule has 0 aromatic heterocycles. The number of hydrogen-bond acceptors (Lipinski definition) is 3. The van der Waals surface area contributed by atoms with Gasteiger partial charge in [0.1, 0.15) is 0 Å². The average molecular weight is 394 g/mol. The van der Waals surface area contributed by atoms with Gasteiger partial charge in [0.05, 0.1) is 0 Å². The highest BCUT2D eigenvalue weighted by atomic mass is 35.5. The van der Waals surface area contributed by atoms with Gasteiger partial charge in [-0.3, -0.25) is 9.59 Å². The molecule has 0 radical (unpaired) electrons. The molecule has 5 nitrogen and oxygen atoms in total. The third-order valence-corrected chi connectivity index (χ3v) is 6.04. The average Bonchev–Trinajstić information content (AvgIpc) is 3.15. The van der Waals surface area contributed by atoms with E-state index in [2.05, 4.69) is 24.4 Å². The number of aryl methyl sites for hydroxylation is 1. The Morgan fingerprint density at radius 2 is 1.78 bits per heavy atom. The van der Waals surface area contributed by atoms with E-state index in [1.54, 1.807) is 0 Å². The van der Waals surface area contributed by atoms with Crippen LogP contribution in [-0.2, 0) is 16.1 Å². The van der Waals surface area contributed by atoms with Crippen LogP contribution in [0.4, 0.5) is 0 Å². The fraction of sp³-hybridized carbons (Fsp3) is 0.619. The minimum Gasteiger partial charge on any atom is -0.352 e. The van der Waals surface area contributed by atoms with Crippen molar-refractivity contribution in [1.29, 1.82) is 0 Å². The number of amides is 2. The van der Waals surface area contributed by atoms with E-state index in [-0.39, 0.29) is 36.1 Å². The van der Waals surface area contributed by atoms with Crippen molar-refractivity contribution in [3.8, 4) is 0 Å². The van der Waals surface area contributed by atoms with Gasteiger partial charge in [0.15, 0.2) is 0 Å². The van der Waals surface area contributed by atoms with E-state index in [0.717, 1.165) is 37.7 Å². The van der Waals surface area contributed by atoms with Gasteiger partial charge < -0.3 is 16.0 Å². The second kappa shape index (κ2) is 10.1. The van der Waals surface area contributed by atoms with Crippen LogP contribution < -0.4 is 11.1 Å². The van der Waals surface area contributed by atoms with Crippen LogP contribution in [0.15, 0.2) is 24.3 Å². The summed E-state index contributed by atoms with van der Waals surface area (Å²) in [6.07, 6.45) is 4.66. The lowest BCUT2D eigenvalue weighted by molar-refractivity contribution is -0.140. The summed E-state index contributed by atoms with van der Waals surface area (Å²) < 4.78 is 0. The Balaban J connectivity index is 0.00000261. The summed E-state index contributed by atoms with van der Waals surface area (Å²) in [5, 5.41) is 3.04. The molecule has 2 aliphatic rings. The van der Waals surface area contributed by atoms with Gasteiger partial charge in [-0.25, -0.2) is 0 Å². The fourth-order valence-electron chi connectivity index (χ4n) is 4.28. The zero-order valence-electron chi connectivity index (χ0n) is 16.2. The van der Waals surface area contributed by atoms with E-state index in [1.807, 2.05) is 17.0 Å². The second-order valence-electron chi connectivity index (χ2n) is 7.84. The topological polar surface area (TPSA) is 75.4 Å². The number of nitrogens with two attached hydrogens (primary N) is 1. The SMILES string of the molecule is Cc1ccc(CNC(=O)C2CCN(C(=O)[C@@H]3CCC[C@@H]3CN)CC2)cc1.Cl. The number of likely N-dealkylation sites (tertiary alicyclic amines) is 1. The molecule has 1 saturated heterocycles. The number of nitrogens with one attached hydrogen (secondary N) is 1. The van der Waals surface area contributed by atoms with E-state index in [1.165, 1.54) is 5.56 Å². The summed E-state index contributed by atoms with van der Waals surface area (Å²) in [7, 11) is 0. The number of carbonyl (C=O) groups is 2. The summed E-state index contributed by atoms with van der Waals surface area (Å²) in [5.41, 5.74) is 8.15. The first kappa shape index (κ1) is 21.7. The van der Waals surface area contributed by atoms with Crippen LogP contribution >= 0.6 is 12.4 Å². The highest BCUT2D eigenvalue weighted by Gasteiger charge is 2.36. The zero-order valence-corrected chi connectivity index (χ0v) is 17.0. The smallest absolute Gasteiger partial charge is 0.226 e. The molecule has 1 aromatic carbocycles. The predicted octanol–water partition coefficient (Wildman–Crippen LogP) is 2.65. The van der Waals surface area contributed by atoms with E-state index in [9.17, 15) is 9.59 Å². The van der Waals surface area contributed by atoms with Crippen LogP contribution in [-0.4, -0.2) is 36.3 Å². The lowest BCUT2D eigenvalue weighted by atomic mass is 9.91. The highest BCUT2D eigenvalue weighted by Crippen LogP contribution is 2.33. The van der Waals surface area contributed by atoms with Crippen molar-refractivity contribution in [3.05, 3.63) is 35.4 Å². The van der Waals surface area contributed by atoms with Gasteiger partial charge in [0.2, 0.25) is 11.8 Å². The summed E-state index contributed by atoms with van der Waals surface area (Å²) in [5.74, 6) is 0.832.